The summed E-state index contributed by atoms with van der Waals surface area (Å²) in [6, 6.07) is 19.8. The molecule has 0 aliphatic carbocycles. The van der Waals surface area contributed by atoms with E-state index in [1.807, 2.05) is 0 Å². The van der Waals surface area contributed by atoms with Gasteiger partial charge in [0.15, 0.2) is 5.16 Å². The largest absolute Gasteiger partial charge is 0.497 e. The molecule has 9 nitrogen and oxygen atoms in total. The van der Waals surface area contributed by atoms with Gasteiger partial charge >= 0.3 is 0 Å². The summed E-state index contributed by atoms with van der Waals surface area (Å²) < 4.78 is 6.77. The van der Waals surface area contributed by atoms with E-state index in [0.717, 1.165) is 11.8 Å². The fourth-order valence-corrected chi connectivity index (χ4v) is 4.28. The Kier molecular flexibility index (Phi) is 6.60. The Bertz CT molecular complexity index is 1440. The molecule has 172 valence electrons. The summed E-state index contributed by atoms with van der Waals surface area (Å²) in [4.78, 5) is 42.6. The Balaban J connectivity index is 1.66. The van der Waals surface area contributed by atoms with E-state index in [1.54, 1.807) is 62.7 Å². The van der Waals surface area contributed by atoms with E-state index >= 15 is 0 Å². The van der Waals surface area contributed by atoms with Crippen molar-refractivity contribution in [3.63, 3.8) is 0 Å². The number of non-ortho nitro benzene ring substituents is 1. The number of carbonyl (C=O) groups excluding carboxylic acids is 1. The minimum atomic E-state index is -0.495. The van der Waals surface area contributed by atoms with Gasteiger partial charge in [0.1, 0.15) is 5.75 Å². The normalized spacial score (nSPS) is 10.8. The summed E-state index contributed by atoms with van der Waals surface area (Å²) in [7, 11) is 3.13. The van der Waals surface area contributed by atoms with Crippen molar-refractivity contribution in [1.29, 1.82) is 0 Å². The second-order valence-electron chi connectivity index (χ2n) is 7.27. The predicted molar refractivity (Wildman–Crippen MR) is 131 cm³/mol. The van der Waals surface area contributed by atoms with Gasteiger partial charge < -0.3 is 9.64 Å². The van der Waals surface area contributed by atoms with Gasteiger partial charge in [-0.25, -0.2) is 4.98 Å². The van der Waals surface area contributed by atoms with E-state index < -0.39 is 4.92 Å². The Hall–Kier alpha value is -4.18. The molecular formula is C24H20N4O5S. The van der Waals surface area contributed by atoms with Gasteiger partial charge in [0.25, 0.3) is 11.2 Å². The number of fused-ring (bicyclic) bond motifs is 1. The third kappa shape index (κ3) is 4.62. The summed E-state index contributed by atoms with van der Waals surface area (Å²) in [6.07, 6.45) is 0. The third-order valence-corrected chi connectivity index (χ3v) is 6.13. The molecule has 1 aromatic heterocycles. The SMILES string of the molecule is COc1cccc(-n2c(SCC(=O)N(C)c3ccc([N+](=O)[O-])cc3)nc3ccccc3c2=O)c1. The highest BCUT2D eigenvalue weighted by Crippen LogP contribution is 2.25. The first kappa shape index (κ1) is 23.0. The number of nitro groups is 1. The zero-order chi connectivity index (χ0) is 24.2. The van der Waals surface area contributed by atoms with Gasteiger partial charge in [0, 0.05) is 30.9 Å². The number of para-hydroxylation sites is 1. The van der Waals surface area contributed by atoms with Gasteiger partial charge in [-0.3, -0.25) is 24.3 Å². The smallest absolute Gasteiger partial charge is 0.269 e. The van der Waals surface area contributed by atoms with E-state index in [4.69, 9.17) is 4.74 Å². The molecule has 0 atom stereocenters. The molecule has 0 N–H and O–H groups in total. The molecule has 10 heteroatoms. The second kappa shape index (κ2) is 9.75. The number of carbonyl (C=O) groups is 1. The van der Waals surface area contributed by atoms with Crippen molar-refractivity contribution in [2.45, 2.75) is 5.16 Å². The van der Waals surface area contributed by atoms with E-state index in [0.29, 0.717) is 33.2 Å². The summed E-state index contributed by atoms with van der Waals surface area (Å²) in [5.41, 5.74) is 1.32. The quantitative estimate of drug-likeness (QED) is 0.171. The number of aromatic nitrogens is 2. The number of ether oxygens (including phenoxy) is 1. The molecule has 1 amide bonds. The zero-order valence-electron chi connectivity index (χ0n) is 18.4. The lowest BCUT2D eigenvalue weighted by atomic mass is 10.2. The van der Waals surface area contributed by atoms with Crippen molar-refractivity contribution in [2.75, 3.05) is 24.8 Å². The van der Waals surface area contributed by atoms with Gasteiger partial charge in [-0.05, 0) is 36.4 Å². The van der Waals surface area contributed by atoms with Crippen molar-refractivity contribution < 1.29 is 14.5 Å². The first-order valence-electron chi connectivity index (χ1n) is 10.2. The first-order valence-corrected chi connectivity index (χ1v) is 11.2. The van der Waals surface area contributed by atoms with Crippen LogP contribution in [0.2, 0.25) is 0 Å². The summed E-state index contributed by atoms with van der Waals surface area (Å²) in [5, 5.41) is 11.7. The van der Waals surface area contributed by atoms with Crippen LogP contribution in [0.5, 0.6) is 5.75 Å². The molecule has 0 spiro atoms. The highest BCUT2D eigenvalue weighted by Gasteiger charge is 2.18. The van der Waals surface area contributed by atoms with E-state index in [1.165, 1.54) is 33.7 Å². The molecule has 0 saturated heterocycles. The fraction of sp³-hybridized carbons (Fsp3) is 0.125. The van der Waals surface area contributed by atoms with Gasteiger partial charge in [-0.2, -0.15) is 0 Å². The molecule has 4 aromatic rings. The number of rotatable bonds is 7. The Morgan fingerprint density at radius 2 is 1.85 bits per heavy atom. The Labute approximate surface area is 198 Å². The summed E-state index contributed by atoms with van der Waals surface area (Å²) >= 11 is 1.14. The second-order valence-corrected chi connectivity index (χ2v) is 8.21. The molecule has 3 aromatic carbocycles. The van der Waals surface area contributed by atoms with Crippen molar-refractivity contribution >= 4 is 39.9 Å². The van der Waals surface area contributed by atoms with Gasteiger partial charge in [0.05, 0.1) is 34.4 Å². The van der Waals surface area contributed by atoms with Crippen molar-refractivity contribution in [1.82, 2.24) is 9.55 Å². The van der Waals surface area contributed by atoms with Crippen LogP contribution in [0, 0.1) is 10.1 Å². The lowest BCUT2D eigenvalue weighted by Gasteiger charge is -2.18. The van der Waals surface area contributed by atoms with Crippen LogP contribution in [0.3, 0.4) is 0 Å². The molecule has 0 aliphatic heterocycles. The number of thioether (sulfide) groups is 1. The number of hydrogen-bond acceptors (Lipinski definition) is 7. The molecule has 4 rings (SSSR count). The number of amides is 1. The maximum absolute atomic E-state index is 13.4. The molecule has 0 saturated carbocycles. The standard InChI is InChI=1S/C24H20N4O5S/c1-26(16-10-12-17(13-11-16)28(31)32)22(29)15-34-24-25-21-9-4-3-8-20(21)23(30)27(24)18-6-5-7-19(14-18)33-2/h3-14H,15H2,1-2H3. The van der Waals surface area contributed by atoms with Gasteiger partial charge in [-0.1, -0.05) is 30.0 Å². The van der Waals surface area contributed by atoms with Crippen LogP contribution >= 0.6 is 11.8 Å². The Morgan fingerprint density at radius 3 is 2.56 bits per heavy atom. The Morgan fingerprint density at radius 1 is 1.12 bits per heavy atom. The number of methoxy groups -OCH3 is 1. The topological polar surface area (TPSA) is 108 Å². The van der Waals surface area contributed by atoms with Crippen LogP contribution in [0.4, 0.5) is 11.4 Å². The monoisotopic (exact) mass is 476 g/mol. The molecule has 0 unspecified atom stereocenters. The molecule has 0 aliphatic rings. The van der Waals surface area contributed by atoms with Crippen LogP contribution in [0.1, 0.15) is 0 Å². The third-order valence-electron chi connectivity index (χ3n) is 5.20. The van der Waals surface area contributed by atoms with Crippen LogP contribution < -0.4 is 15.2 Å². The number of nitrogens with zero attached hydrogens (tertiary/aromatic N) is 4. The number of anilines is 1. The number of nitro benzene ring substituents is 1. The fourth-order valence-electron chi connectivity index (χ4n) is 3.35. The average molecular weight is 477 g/mol. The van der Waals surface area contributed by atoms with Crippen molar-refractivity contribution in [2.24, 2.45) is 0 Å². The maximum atomic E-state index is 13.4. The minimum Gasteiger partial charge on any atom is -0.497 e. The zero-order valence-corrected chi connectivity index (χ0v) is 19.2. The first-order chi connectivity index (χ1) is 16.4. The summed E-state index contributed by atoms with van der Waals surface area (Å²) in [5.74, 6) is 0.336. The molecule has 0 fully saturated rings. The highest BCUT2D eigenvalue weighted by atomic mass is 32.2. The predicted octanol–water partition coefficient (Wildman–Crippen LogP) is 4.06. The summed E-state index contributed by atoms with van der Waals surface area (Å²) in [6.45, 7) is 0. The van der Waals surface area contributed by atoms with Gasteiger partial charge in [0.2, 0.25) is 5.91 Å². The van der Waals surface area contributed by atoms with Gasteiger partial charge in [-0.15, -0.1) is 0 Å². The van der Waals surface area contributed by atoms with E-state index in [-0.39, 0.29) is 22.9 Å². The van der Waals surface area contributed by atoms with E-state index in [2.05, 4.69) is 4.98 Å². The average Bonchev–Trinajstić information content (AvgIpc) is 2.87. The number of benzene rings is 3. The number of hydrogen-bond donors (Lipinski definition) is 0. The lowest BCUT2D eigenvalue weighted by molar-refractivity contribution is -0.384. The highest BCUT2D eigenvalue weighted by molar-refractivity contribution is 7.99. The van der Waals surface area contributed by atoms with Crippen LogP contribution in [0.15, 0.2) is 82.7 Å². The lowest BCUT2D eigenvalue weighted by Crippen LogP contribution is -2.28. The minimum absolute atomic E-state index is 0.00222. The van der Waals surface area contributed by atoms with Crippen LogP contribution in [-0.2, 0) is 4.79 Å². The van der Waals surface area contributed by atoms with Crippen molar-refractivity contribution in [3.8, 4) is 11.4 Å². The molecule has 0 bridgehead atoms. The van der Waals surface area contributed by atoms with Crippen molar-refractivity contribution in [3.05, 3.63) is 93.3 Å². The van der Waals surface area contributed by atoms with E-state index in [9.17, 15) is 19.7 Å². The molecule has 1 heterocycles. The molecule has 34 heavy (non-hydrogen) atoms. The van der Waals surface area contributed by atoms with Crippen LogP contribution in [0.25, 0.3) is 16.6 Å². The van der Waals surface area contributed by atoms with Crippen LogP contribution in [-0.4, -0.2) is 40.3 Å². The maximum Gasteiger partial charge on any atom is 0.269 e. The molecule has 0 radical (unpaired) electrons. The molecular weight excluding hydrogens is 456 g/mol.